The summed E-state index contributed by atoms with van der Waals surface area (Å²) in [5.74, 6) is -0.505. The quantitative estimate of drug-likeness (QED) is 0.945. The van der Waals surface area contributed by atoms with E-state index < -0.39 is 0 Å². The number of nitrogens with zero attached hydrogens (tertiary/aromatic N) is 2. The van der Waals surface area contributed by atoms with Gasteiger partial charge in [0.15, 0.2) is 5.13 Å². The summed E-state index contributed by atoms with van der Waals surface area (Å²) in [4.78, 5) is 32.4. The molecule has 0 saturated carbocycles. The summed E-state index contributed by atoms with van der Waals surface area (Å²) >= 11 is 3.01. The first-order valence-electron chi connectivity index (χ1n) is 6.58. The first-order chi connectivity index (χ1) is 10.1. The van der Waals surface area contributed by atoms with Crippen molar-refractivity contribution in [1.29, 1.82) is 0 Å². The molecule has 0 radical (unpaired) electrons. The molecule has 1 fully saturated rings. The fraction of sp³-hybridized carbons (Fsp3) is 0.357. The molecule has 3 rings (SSSR count). The molecule has 0 unspecified atom stereocenters. The summed E-state index contributed by atoms with van der Waals surface area (Å²) in [6.45, 7) is 1.94. The van der Waals surface area contributed by atoms with Crippen LogP contribution in [0.25, 0.3) is 0 Å². The van der Waals surface area contributed by atoms with Crippen LogP contribution in [-0.2, 0) is 9.59 Å². The molecule has 2 amide bonds. The van der Waals surface area contributed by atoms with Gasteiger partial charge in [0.05, 0.1) is 12.0 Å². The van der Waals surface area contributed by atoms with Crippen LogP contribution in [0.1, 0.15) is 22.2 Å². The molecule has 1 aliphatic heterocycles. The first kappa shape index (κ1) is 14.2. The fourth-order valence-corrected chi connectivity index (χ4v) is 4.16. The standard InChI is InChI=1S/C14H15N3O2S2/c1-8-7-15-14(21-8)16-13(19)9-6-11(18)17(2)12(9)10-4-3-5-20-10/h3-5,7,9,12H,6H2,1-2H3,(H,15,16,19)/t9-,12+/m1/s1. The van der Waals surface area contributed by atoms with Gasteiger partial charge in [0.2, 0.25) is 11.8 Å². The Morgan fingerprint density at radius 3 is 2.95 bits per heavy atom. The zero-order chi connectivity index (χ0) is 15.0. The normalized spacial score (nSPS) is 21.8. The Balaban J connectivity index is 1.82. The van der Waals surface area contributed by atoms with E-state index in [1.807, 2.05) is 24.4 Å². The highest BCUT2D eigenvalue weighted by atomic mass is 32.1. The Kier molecular flexibility index (Phi) is 3.77. The van der Waals surface area contributed by atoms with Crippen LogP contribution in [0, 0.1) is 12.8 Å². The van der Waals surface area contributed by atoms with Gasteiger partial charge in [-0.25, -0.2) is 4.98 Å². The van der Waals surface area contributed by atoms with Crippen molar-refractivity contribution in [2.24, 2.45) is 5.92 Å². The van der Waals surface area contributed by atoms with Gasteiger partial charge >= 0.3 is 0 Å². The SMILES string of the molecule is Cc1cnc(NC(=O)[C@@H]2CC(=O)N(C)[C@@H]2c2cccs2)s1. The van der Waals surface area contributed by atoms with Crippen LogP contribution < -0.4 is 5.32 Å². The molecular formula is C14H15N3O2S2. The van der Waals surface area contributed by atoms with Crippen LogP contribution in [0.4, 0.5) is 5.13 Å². The molecular weight excluding hydrogens is 306 g/mol. The third kappa shape index (κ3) is 2.71. The topological polar surface area (TPSA) is 62.3 Å². The third-order valence-corrected chi connectivity index (χ3v) is 5.38. The number of amides is 2. The minimum atomic E-state index is -0.370. The van der Waals surface area contributed by atoms with Crippen LogP contribution in [0.5, 0.6) is 0 Å². The lowest BCUT2D eigenvalue weighted by atomic mass is 9.98. The number of carbonyl (C=O) groups is 2. The molecule has 0 bridgehead atoms. The summed E-state index contributed by atoms with van der Waals surface area (Å²) in [7, 11) is 1.76. The molecule has 21 heavy (non-hydrogen) atoms. The molecule has 0 spiro atoms. The molecule has 5 nitrogen and oxygen atoms in total. The number of rotatable bonds is 3. The maximum atomic E-state index is 12.5. The highest BCUT2D eigenvalue weighted by molar-refractivity contribution is 7.15. The number of hydrogen-bond donors (Lipinski definition) is 1. The lowest BCUT2D eigenvalue weighted by Gasteiger charge is -2.23. The zero-order valence-corrected chi connectivity index (χ0v) is 13.3. The van der Waals surface area contributed by atoms with Crippen LogP contribution >= 0.6 is 22.7 Å². The van der Waals surface area contributed by atoms with Crippen LogP contribution in [0.2, 0.25) is 0 Å². The molecule has 1 N–H and O–H groups in total. The van der Waals surface area contributed by atoms with Gasteiger partial charge in [0.1, 0.15) is 0 Å². The number of thiophene rings is 1. The van der Waals surface area contributed by atoms with E-state index in [0.29, 0.717) is 5.13 Å². The van der Waals surface area contributed by atoms with Crippen LogP contribution in [-0.4, -0.2) is 28.7 Å². The Hall–Kier alpha value is -1.73. The predicted molar refractivity (Wildman–Crippen MR) is 83.4 cm³/mol. The van der Waals surface area contributed by atoms with Crippen molar-refractivity contribution in [3.63, 3.8) is 0 Å². The number of nitrogens with one attached hydrogen (secondary N) is 1. The van der Waals surface area contributed by atoms with E-state index in [2.05, 4.69) is 10.3 Å². The molecule has 2 aromatic rings. The van der Waals surface area contributed by atoms with E-state index in [0.717, 1.165) is 9.75 Å². The number of thiazole rings is 1. The summed E-state index contributed by atoms with van der Waals surface area (Å²) in [5.41, 5.74) is 0. The minimum Gasteiger partial charge on any atom is -0.337 e. The Labute approximate surface area is 130 Å². The smallest absolute Gasteiger partial charge is 0.232 e. The van der Waals surface area contributed by atoms with E-state index in [-0.39, 0.29) is 30.2 Å². The number of anilines is 1. The van der Waals surface area contributed by atoms with E-state index >= 15 is 0 Å². The number of carbonyl (C=O) groups excluding carboxylic acids is 2. The van der Waals surface area contributed by atoms with Crippen molar-refractivity contribution < 1.29 is 9.59 Å². The number of hydrogen-bond acceptors (Lipinski definition) is 5. The molecule has 1 aliphatic rings. The first-order valence-corrected chi connectivity index (χ1v) is 8.28. The average Bonchev–Trinajstić information content (AvgIpc) is 3.14. The average molecular weight is 321 g/mol. The molecule has 0 aliphatic carbocycles. The molecule has 2 aromatic heterocycles. The molecule has 1 saturated heterocycles. The van der Waals surface area contributed by atoms with E-state index in [9.17, 15) is 9.59 Å². The van der Waals surface area contributed by atoms with Crippen molar-refractivity contribution in [3.05, 3.63) is 33.5 Å². The second-order valence-electron chi connectivity index (χ2n) is 5.04. The zero-order valence-electron chi connectivity index (χ0n) is 11.7. The van der Waals surface area contributed by atoms with Gasteiger partial charge in [0.25, 0.3) is 0 Å². The van der Waals surface area contributed by atoms with Crippen LogP contribution in [0.15, 0.2) is 23.7 Å². The molecule has 2 atom stereocenters. The van der Waals surface area contributed by atoms with Crippen molar-refractivity contribution in [3.8, 4) is 0 Å². The van der Waals surface area contributed by atoms with Crippen molar-refractivity contribution in [2.75, 3.05) is 12.4 Å². The van der Waals surface area contributed by atoms with Gasteiger partial charge in [-0.15, -0.1) is 22.7 Å². The van der Waals surface area contributed by atoms with E-state index in [4.69, 9.17) is 0 Å². The Morgan fingerprint density at radius 1 is 1.52 bits per heavy atom. The predicted octanol–water partition coefficient (Wildman–Crippen LogP) is 2.67. The second-order valence-corrected chi connectivity index (χ2v) is 7.25. The molecule has 7 heteroatoms. The maximum Gasteiger partial charge on any atom is 0.232 e. The van der Waals surface area contributed by atoms with Crippen molar-refractivity contribution in [1.82, 2.24) is 9.88 Å². The van der Waals surface area contributed by atoms with E-state index in [1.165, 1.54) is 11.3 Å². The van der Waals surface area contributed by atoms with Gasteiger partial charge in [-0.1, -0.05) is 6.07 Å². The summed E-state index contributed by atoms with van der Waals surface area (Å²) in [6.07, 6.45) is 1.97. The fourth-order valence-electron chi connectivity index (χ4n) is 2.56. The van der Waals surface area contributed by atoms with Crippen LogP contribution in [0.3, 0.4) is 0 Å². The summed E-state index contributed by atoms with van der Waals surface area (Å²) in [6, 6.07) is 3.73. The summed E-state index contributed by atoms with van der Waals surface area (Å²) < 4.78 is 0. The van der Waals surface area contributed by atoms with Crippen molar-refractivity contribution in [2.45, 2.75) is 19.4 Å². The molecule has 0 aromatic carbocycles. The van der Waals surface area contributed by atoms with Crippen molar-refractivity contribution >= 4 is 39.6 Å². The highest BCUT2D eigenvalue weighted by Gasteiger charge is 2.43. The third-order valence-electron chi connectivity index (χ3n) is 3.61. The summed E-state index contributed by atoms with van der Waals surface area (Å²) in [5, 5.41) is 5.38. The highest BCUT2D eigenvalue weighted by Crippen LogP contribution is 2.39. The van der Waals surface area contributed by atoms with E-state index in [1.54, 1.807) is 29.5 Å². The number of likely N-dealkylation sites (tertiary alicyclic amines) is 1. The second kappa shape index (κ2) is 5.57. The number of aromatic nitrogens is 1. The molecule has 3 heterocycles. The number of aryl methyl sites for hydroxylation is 1. The Bertz CT molecular complexity index is 666. The lowest BCUT2D eigenvalue weighted by molar-refractivity contribution is -0.127. The largest absolute Gasteiger partial charge is 0.337 e. The van der Waals surface area contributed by atoms with Gasteiger partial charge in [0, 0.05) is 29.4 Å². The lowest BCUT2D eigenvalue weighted by Crippen LogP contribution is -2.29. The minimum absolute atomic E-state index is 0.00358. The molecule has 110 valence electrons. The maximum absolute atomic E-state index is 12.5. The van der Waals surface area contributed by atoms with Gasteiger partial charge in [-0.2, -0.15) is 0 Å². The van der Waals surface area contributed by atoms with Gasteiger partial charge < -0.3 is 10.2 Å². The van der Waals surface area contributed by atoms with Gasteiger partial charge in [-0.3, -0.25) is 9.59 Å². The van der Waals surface area contributed by atoms with Gasteiger partial charge in [-0.05, 0) is 18.4 Å². The Morgan fingerprint density at radius 2 is 2.33 bits per heavy atom. The monoisotopic (exact) mass is 321 g/mol.